The van der Waals surface area contributed by atoms with Crippen molar-refractivity contribution in [3.8, 4) is 10.4 Å². The monoisotopic (exact) mass is 523 g/mol. The van der Waals surface area contributed by atoms with Crippen LogP contribution in [0.2, 0.25) is 0 Å². The van der Waals surface area contributed by atoms with Crippen molar-refractivity contribution in [1.82, 2.24) is 15.2 Å². The van der Waals surface area contributed by atoms with Gasteiger partial charge in [-0.2, -0.15) is 0 Å². The SMILES string of the molecule is Cc1cccc(-c2sc(C)nc2C(=O)N2C[C@@H]3C[C@@H]3[C@H]2CNC(=O)c2cc(C)ccc2Br)c1. The predicted octanol–water partition coefficient (Wildman–Crippen LogP) is 5.39. The lowest BCUT2D eigenvalue weighted by Gasteiger charge is -2.27. The Kier molecular flexibility index (Phi) is 5.87. The van der Waals surface area contributed by atoms with Gasteiger partial charge >= 0.3 is 0 Å². The summed E-state index contributed by atoms with van der Waals surface area (Å²) in [6.07, 6.45) is 1.12. The standard InChI is InChI=1S/C26H26BrN3O2S/c1-14-5-4-6-17(9-14)24-23(29-16(3)33-24)26(32)30-13-18-11-19(18)22(30)12-28-25(31)20-10-15(2)7-8-21(20)27/h4-10,18-19,22H,11-13H2,1-3H3,(H,28,31)/t18-,19-,22+/m0/s1. The second-order valence-corrected chi connectivity index (χ2v) is 11.2. The van der Waals surface area contributed by atoms with E-state index < -0.39 is 0 Å². The van der Waals surface area contributed by atoms with Crippen LogP contribution in [-0.4, -0.2) is 40.8 Å². The van der Waals surface area contributed by atoms with Gasteiger partial charge in [0.1, 0.15) is 5.69 Å². The van der Waals surface area contributed by atoms with E-state index in [1.165, 1.54) is 0 Å². The van der Waals surface area contributed by atoms with Crippen molar-refractivity contribution < 1.29 is 9.59 Å². The lowest BCUT2D eigenvalue weighted by Crippen LogP contribution is -2.45. The number of piperidine rings is 1. The molecule has 2 amide bonds. The number of fused-ring (bicyclic) bond motifs is 1. The number of aromatic nitrogens is 1. The zero-order chi connectivity index (χ0) is 23.3. The van der Waals surface area contributed by atoms with Crippen molar-refractivity contribution in [1.29, 1.82) is 0 Å². The third kappa shape index (κ3) is 4.36. The minimum Gasteiger partial charge on any atom is -0.350 e. The van der Waals surface area contributed by atoms with Gasteiger partial charge in [-0.05, 0) is 72.7 Å². The minimum atomic E-state index is -0.118. The van der Waals surface area contributed by atoms with E-state index in [2.05, 4.69) is 45.3 Å². The number of likely N-dealkylation sites (tertiary alicyclic amines) is 1. The van der Waals surface area contributed by atoms with Crippen LogP contribution >= 0.6 is 27.3 Å². The molecule has 1 saturated carbocycles. The van der Waals surface area contributed by atoms with E-state index in [1.807, 2.05) is 49.1 Å². The molecule has 5 nitrogen and oxygen atoms in total. The van der Waals surface area contributed by atoms with Crippen molar-refractivity contribution in [2.24, 2.45) is 11.8 Å². The first-order chi connectivity index (χ1) is 15.8. The fourth-order valence-corrected chi connectivity index (χ4v) is 6.20. The Labute approximate surface area is 206 Å². The second kappa shape index (κ2) is 8.69. The topological polar surface area (TPSA) is 62.3 Å². The number of hydrogen-bond donors (Lipinski definition) is 1. The zero-order valence-electron chi connectivity index (χ0n) is 18.9. The van der Waals surface area contributed by atoms with E-state index >= 15 is 0 Å². The van der Waals surface area contributed by atoms with Crippen LogP contribution in [0.15, 0.2) is 46.9 Å². The van der Waals surface area contributed by atoms with Gasteiger partial charge in [0, 0.05) is 17.6 Å². The fourth-order valence-electron chi connectivity index (χ4n) is 4.86. The first-order valence-electron chi connectivity index (χ1n) is 11.2. The van der Waals surface area contributed by atoms with Crippen LogP contribution in [0.3, 0.4) is 0 Å². The molecule has 1 N–H and O–H groups in total. The van der Waals surface area contributed by atoms with Gasteiger partial charge in [-0.15, -0.1) is 11.3 Å². The van der Waals surface area contributed by atoms with E-state index in [-0.39, 0.29) is 17.9 Å². The number of carbonyl (C=O) groups excluding carboxylic acids is 2. The van der Waals surface area contributed by atoms with Crippen molar-refractivity contribution in [2.75, 3.05) is 13.1 Å². The van der Waals surface area contributed by atoms with Crippen LogP contribution < -0.4 is 5.32 Å². The van der Waals surface area contributed by atoms with Crippen LogP contribution in [0.25, 0.3) is 10.4 Å². The minimum absolute atomic E-state index is 0.00222. The molecule has 2 aromatic carbocycles. The Morgan fingerprint density at radius 1 is 1.15 bits per heavy atom. The van der Waals surface area contributed by atoms with Crippen LogP contribution in [0.1, 0.15) is 43.4 Å². The van der Waals surface area contributed by atoms with E-state index in [9.17, 15) is 9.59 Å². The van der Waals surface area contributed by atoms with Gasteiger partial charge in [0.15, 0.2) is 0 Å². The molecular formula is C26H26BrN3O2S. The Bertz CT molecular complexity index is 1250. The Morgan fingerprint density at radius 3 is 2.73 bits per heavy atom. The summed E-state index contributed by atoms with van der Waals surface area (Å²) < 4.78 is 0.773. The van der Waals surface area contributed by atoms with E-state index in [1.54, 1.807) is 11.3 Å². The molecule has 3 atom stereocenters. The molecule has 1 aliphatic heterocycles. The highest BCUT2D eigenvalue weighted by molar-refractivity contribution is 9.10. The summed E-state index contributed by atoms with van der Waals surface area (Å²) in [4.78, 5) is 34.0. The van der Waals surface area contributed by atoms with Crippen LogP contribution in [0, 0.1) is 32.6 Å². The number of nitrogens with one attached hydrogen (secondary N) is 1. The highest BCUT2D eigenvalue weighted by Gasteiger charge is 2.54. The molecule has 5 rings (SSSR count). The number of nitrogens with zero attached hydrogens (tertiary/aromatic N) is 2. The molecule has 170 valence electrons. The van der Waals surface area contributed by atoms with Gasteiger partial charge in [0.2, 0.25) is 0 Å². The van der Waals surface area contributed by atoms with Gasteiger partial charge in [-0.25, -0.2) is 4.98 Å². The molecule has 0 unspecified atom stereocenters. The van der Waals surface area contributed by atoms with E-state index in [4.69, 9.17) is 0 Å². The largest absolute Gasteiger partial charge is 0.350 e. The number of rotatable bonds is 5. The molecule has 0 spiro atoms. The maximum atomic E-state index is 13.7. The third-order valence-corrected chi connectivity index (χ3v) is 8.33. The Morgan fingerprint density at radius 2 is 1.94 bits per heavy atom. The predicted molar refractivity (Wildman–Crippen MR) is 135 cm³/mol. The highest BCUT2D eigenvalue weighted by Crippen LogP contribution is 2.50. The number of halogens is 1. The molecule has 2 fully saturated rings. The van der Waals surface area contributed by atoms with Crippen molar-refractivity contribution in [3.05, 3.63) is 74.3 Å². The zero-order valence-corrected chi connectivity index (χ0v) is 21.3. The van der Waals surface area contributed by atoms with E-state index in [0.29, 0.717) is 29.6 Å². The van der Waals surface area contributed by atoms with Crippen molar-refractivity contribution in [2.45, 2.75) is 33.2 Å². The molecule has 1 aromatic heterocycles. The molecule has 2 heterocycles. The molecule has 33 heavy (non-hydrogen) atoms. The van der Waals surface area contributed by atoms with Crippen LogP contribution in [0.4, 0.5) is 0 Å². The summed E-state index contributed by atoms with van der Waals surface area (Å²) in [7, 11) is 0. The van der Waals surface area contributed by atoms with Gasteiger partial charge in [0.05, 0.1) is 21.5 Å². The van der Waals surface area contributed by atoms with Gasteiger partial charge in [0.25, 0.3) is 11.8 Å². The summed E-state index contributed by atoms with van der Waals surface area (Å²) in [6, 6.07) is 13.9. The summed E-state index contributed by atoms with van der Waals surface area (Å²) in [6.45, 7) is 7.16. The fraction of sp³-hybridized carbons (Fsp3) is 0.346. The molecule has 1 aliphatic carbocycles. The molecule has 1 saturated heterocycles. The van der Waals surface area contributed by atoms with E-state index in [0.717, 1.165) is 44.0 Å². The molecule has 3 aromatic rings. The van der Waals surface area contributed by atoms with Crippen molar-refractivity contribution >= 4 is 39.1 Å². The van der Waals surface area contributed by atoms with Crippen LogP contribution in [-0.2, 0) is 0 Å². The average Bonchev–Trinajstić information content (AvgIpc) is 3.30. The smallest absolute Gasteiger partial charge is 0.274 e. The normalized spacial score (nSPS) is 21.1. The summed E-state index contributed by atoms with van der Waals surface area (Å²) in [5.74, 6) is 0.840. The lowest BCUT2D eigenvalue weighted by molar-refractivity contribution is 0.0690. The quantitative estimate of drug-likeness (QED) is 0.487. The average molecular weight is 524 g/mol. The van der Waals surface area contributed by atoms with Gasteiger partial charge in [-0.1, -0.05) is 41.5 Å². The maximum Gasteiger partial charge on any atom is 0.274 e. The first kappa shape index (κ1) is 22.3. The van der Waals surface area contributed by atoms with Crippen molar-refractivity contribution in [3.63, 3.8) is 0 Å². The number of benzene rings is 2. The molecule has 2 aliphatic rings. The molecule has 0 bridgehead atoms. The number of aryl methyl sites for hydroxylation is 3. The second-order valence-electron chi connectivity index (χ2n) is 9.16. The molecule has 7 heteroatoms. The van der Waals surface area contributed by atoms with Gasteiger partial charge in [-0.3, -0.25) is 9.59 Å². The first-order valence-corrected chi connectivity index (χ1v) is 12.8. The number of hydrogen-bond acceptors (Lipinski definition) is 4. The summed E-state index contributed by atoms with van der Waals surface area (Å²) in [5.41, 5.74) is 4.37. The molecular weight excluding hydrogens is 498 g/mol. The Hall–Kier alpha value is -2.51. The highest BCUT2D eigenvalue weighted by atomic mass is 79.9. The Balaban J connectivity index is 1.36. The maximum absolute atomic E-state index is 13.7. The molecule has 0 radical (unpaired) electrons. The lowest BCUT2D eigenvalue weighted by atomic mass is 10.1. The van der Waals surface area contributed by atoms with Crippen LogP contribution in [0.5, 0.6) is 0 Å². The number of thiazole rings is 1. The number of amides is 2. The number of carbonyl (C=O) groups is 2. The van der Waals surface area contributed by atoms with Gasteiger partial charge < -0.3 is 10.2 Å². The summed E-state index contributed by atoms with van der Waals surface area (Å²) >= 11 is 5.04. The third-order valence-electron chi connectivity index (χ3n) is 6.62. The summed E-state index contributed by atoms with van der Waals surface area (Å²) in [5, 5.41) is 3.96.